The maximum Gasteiger partial charge on any atom is 0.352 e. The van der Waals surface area contributed by atoms with Gasteiger partial charge in [0, 0.05) is 23.9 Å². The predicted molar refractivity (Wildman–Crippen MR) is 134 cm³/mol. The Morgan fingerprint density at radius 3 is 2.94 bits per heavy atom. The molecule has 0 saturated carbocycles. The minimum atomic E-state index is -1.21. The number of nitrogens with one attached hydrogen (secondary N) is 1. The number of nitrogens with two attached hydrogens (primary N) is 1. The van der Waals surface area contributed by atoms with Crippen LogP contribution in [0.5, 0.6) is 0 Å². The fourth-order valence-electron chi connectivity index (χ4n) is 3.32. The average Bonchev–Trinajstić information content (AvgIpc) is 3.28. The van der Waals surface area contributed by atoms with E-state index >= 15 is 0 Å². The minimum absolute atomic E-state index is 0.0859. The van der Waals surface area contributed by atoms with Crippen LogP contribution in [-0.4, -0.2) is 78.5 Å². The van der Waals surface area contributed by atoms with Crippen molar-refractivity contribution in [1.82, 2.24) is 19.5 Å². The van der Waals surface area contributed by atoms with Crippen molar-refractivity contribution in [3.8, 4) is 0 Å². The molecule has 184 valence electrons. The average molecular weight is 536 g/mol. The van der Waals surface area contributed by atoms with Gasteiger partial charge in [-0.3, -0.25) is 18.8 Å². The summed E-state index contributed by atoms with van der Waals surface area (Å²) in [5.41, 5.74) is 6.08. The molecule has 3 aliphatic rings. The van der Waals surface area contributed by atoms with Gasteiger partial charge in [-0.25, -0.2) is 14.8 Å². The standard InChI is InChI=1S/C20H21N7O5S3/c1-2-32-25-15(26-10-23-20(21)35-26)16(28)24-13-17(29)27-14(19(30)31)11(9-34-18(13)27)6-8-33-12-5-3-4-7-22-12/h3-8,13,18H,2,9-10H2,1H3,(H2,21,23)(H,24,28)(H,30,31)/t13?,18-/m0/s1. The molecule has 4 rings (SSSR count). The van der Waals surface area contributed by atoms with Gasteiger partial charge in [-0.05, 0) is 36.1 Å². The van der Waals surface area contributed by atoms with Crippen molar-refractivity contribution in [3.05, 3.63) is 47.2 Å². The first kappa shape index (κ1) is 24.9. The van der Waals surface area contributed by atoms with Gasteiger partial charge in [0.1, 0.15) is 35.4 Å². The number of oxime groups is 1. The molecule has 0 aliphatic carbocycles. The zero-order chi connectivity index (χ0) is 24.9. The number of nitrogens with zero attached hydrogens (tertiary/aromatic N) is 5. The fraction of sp³-hybridized carbons (Fsp3) is 0.300. The smallest absolute Gasteiger partial charge is 0.352 e. The molecule has 1 saturated heterocycles. The van der Waals surface area contributed by atoms with E-state index in [1.807, 2.05) is 12.1 Å². The summed E-state index contributed by atoms with van der Waals surface area (Å²) in [5.74, 6) is -2.11. The van der Waals surface area contributed by atoms with Gasteiger partial charge in [0.2, 0.25) is 5.84 Å². The molecule has 15 heteroatoms. The number of fused-ring (bicyclic) bond motifs is 1. The summed E-state index contributed by atoms with van der Waals surface area (Å²) >= 11 is 3.73. The number of hydrogen-bond acceptors (Lipinski definition) is 11. The van der Waals surface area contributed by atoms with Crippen LogP contribution in [0.3, 0.4) is 0 Å². The van der Waals surface area contributed by atoms with Crippen molar-refractivity contribution in [3.63, 3.8) is 0 Å². The maximum atomic E-state index is 12.9. The van der Waals surface area contributed by atoms with E-state index in [1.165, 1.54) is 32.7 Å². The van der Waals surface area contributed by atoms with E-state index in [2.05, 4.69) is 20.4 Å². The number of β-lactam (4-membered cyclic amide) rings is 1. The Bertz CT molecular complexity index is 1140. The number of carboxylic acid groups (broad SMARTS) is 1. The monoisotopic (exact) mass is 535 g/mol. The number of carbonyl (C=O) groups is 3. The SMILES string of the molecule is CCON=C(C(=O)NC1C(=O)N2C(C(=O)O)=C(C=CSc3ccccn3)CS[C@@H]12)N1CN=C(N)S1. The predicted octanol–water partition coefficient (Wildman–Crippen LogP) is 1.01. The van der Waals surface area contributed by atoms with Gasteiger partial charge >= 0.3 is 5.97 Å². The summed E-state index contributed by atoms with van der Waals surface area (Å²) in [6, 6.07) is 4.59. The third-order valence-corrected chi connectivity index (χ3v) is 7.74. The molecule has 1 aromatic rings. The Morgan fingerprint density at radius 1 is 1.46 bits per heavy atom. The molecular weight excluding hydrogens is 514 g/mol. The quantitative estimate of drug-likeness (QED) is 0.114. The highest BCUT2D eigenvalue weighted by molar-refractivity contribution is 8.12. The van der Waals surface area contributed by atoms with E-state index in [-0.39, 0.29) is 30.0 Å². The number of aromatic nitrogens is 1. The van der Waals surface area contributed by atoms with Crippen molar-refractivity contribution in [2.45, 2.75) is 23.4 Å². The van der Waals surface area contributed by atoms with E-state index in [4.69, 9.17) is 10.6 Å². The third-order valence-electron chi connectivity index (χ3n) is 4.86. The zero-order valence-corrected chi connectivity index (χ0v) is 20.8. The summed E-state index contributed by atoms with van der Waals surface area (Å²) in [6.45, 7) is 2.06. The topological polar surface area (TPSA) is 163 Å². The molecular formula is C20H21N7O5S3. The van der Waals surface area contributed by atoms with Crippen LogP contribution in [0.15, 0.2) is 62.3 Å². The van der Waals surface area contributed by atoms with Crippen molar-refractivity contribution in [2.24, 2.45) is 15.9 Å². The Morgan fingerprint density at radius 2 is 2.29 bits per heavy atom. The van der Waals surface area contributed by atoms with E-state index in [1.54, 1.807) is 30.7 Å². The number of allylic oxidation sites excluding steroid dienone is 1. The van der Waals surface area contributed by atoms with E-state index in [0.29, 0.717) is 11.3 Å². The molecule has 0 radical (unpaired) electrons. The Hall–Kier alpha value is -3.17. The number of amidine groups is 2. The highest BCUT2D eigenvalue weighted by Gasteiger charge is 2.54. The largest absolute Gasteiger partial charge is 0.477 e. The van der Waals surface area contributed by atoms with Crippen LogP contribution in [0.4, 0.5) is 0 Å². The molecule has 1 aromatic heterocycles. The van der Waals surface area contributed by atoms with Gasteiger partial charge in [0.25, 0.3) is 11.8 Å². The molecule has 1 unspecified atom stereocenters. The lowest BCUT2D eigenvalue weighted by Gasteiger charge is -2.49. The van der Waals surface area contributed by atoms with Gasteiger partial charge in [-0.15, -0.1) is 11.8 Å². The van der Waals surface area contributed by atoms with E-state index in [0.717, 1.165) is 17.0 Å². The highest BCUT2D eigenvalue weighted by Crippen LogP contribution is 2.41. The molecule has 4 heterocycles. The van der Waals surface area contributed by atoms with Crippen LogP contribution in [0, 0.1) is 0 Å². The van der Waals surface area contributed by atoms with Crippen molar-refractivity contribution in [2.75, 3.05) is 19.0 Å². The van der Waals surface area contributed by atoms with Gasteiger partial charge in [-0.1, -0.05) is 23.0 Å². The Labute approximate surface area is 213 Å². The molecule has 2 amide bonds. The van der Waals surface area contributed by atoms with E-state index < -0.39 is 29.2 Å². The summed E-state index contributed by atoms with van der Waals surface area (Å²) in [4.78, 5) is 52.3. The molecule has 1 fully saturated rings. The first-order chi connectivity index (χ1) is 16.9. The number of thioether (sulfide) groups is 2. The van der Waals surface area contributed by atoms with E-state index in [9.17, 15) is 19.5 Å². The molecule has 3 aliphatic heterocycles. The number of carbonyl (C=O) groups excluding carboxylic acids is 2. The van der Waals surface area contributed by atoms with Crippen LogP contribution < -0.4 is 11.1 Å². The molecule has 35 heavy (non-hydrogen) atoms. The number of pyridine rings is 1. The lowest BCUT2D eigenvalue weighted by atomic mass is 10.0. The summed E-state index contributed by atoms with van der Waals surface area (Å²) < 4.78 is 1.44. The number of rotatable bonds is 7. The molecule has 0 aromatic carbocycles. The normalized spacial score (nSPS) is 22.1. The summed E-state index contributed by atoms with van der Waals surface area (Å²) in [6.07, 6.45) is 3.34. The lowest BCUT2D eigenvalue weighted by molar-refractivity contribution is -0.150. The third kappa shape index (κ3) is 5.41. The molecule has 0 spiro atoms. The second-order valence-electron chi connectivity index (χ2n) is 7.07. The van der Waals surface area contributed by atoms with Crippen molar-refractivity contribution < 1.29 is 24.3 Å². The number of amides is 2. The van der Waals surface area contributed by atoms with Crippen LogP contribution in [0.25, 0.3) is 0 Å². The van der Waals surface area contributed by atoms with Crippen LogP contribution >= 0.6 is 35.5 Å². The maximum absolute atomic E-state index is 12.9. The van der Waals surface area contributed by atoms with Crippen LogP contribution in [-0.2, 0) is 19.2 Å². The van der Waals surface area contributed by atoms with Gasteiger partial charge in [0.05, 0.1) is 0 Å². The number of hydrogen-bond donors (Lipinski definition) is 3. The molecule has 12 nitrogen and oxygen atoms in total. The molecule has 4 N–H and O–H groups in total. The second kappa shape index (κ2) is 11.0. The van der Waals surface area contributed by atoms with Gasteiger partial charge in [0.15, 0.2) is 5.17 Å². The fourth-order valence-corrected chi connectivity index (χ4v) is 5.95. The first-order valence-electron chi connectivity index (χ1n) is 10.3. The number of aliphatic carboxylic acids is 1. The van der Waals surface area contributed by atoms with Gasteiger partial charge in [-0.2, -0.15) is 0 Å². The van der Waals surface area contributed by atoms with Crippen molar-refractivity contribution in [1.29, 1.82) is 0 Å². The molecule has 0 bridgehead atoms. The lowest BCUT2D eigenvalue weighted by Crippen LogP contribution is -2.71. The number of carboxylic acids is 1. The highest BCUT2D eigenvalue weighted by atomic mass is 32.2. The summed E-state index contributed by atoms with van der Waals surface area (Å²) in [5, 5.41) is 18.5. The summed E-state index contributed by atoms with van der Waals surface area (Å²) in [7, 11) is 0. The first-order valence-corrected chi connectivity index (χ1v) is 13.0. The van der Waals surface area contributed by atoms with Crippen LogP contribution in [0.2, 0.25) is 0 Å². The Balaban J connectivity index is 1.46. The second-order valence-corrected chi connectivity index (χ2v) is 10.1. The van der Waals surface area contributed by atoms with Gasteiger partial charge < -0.3 is 21.0 Å². The molecule has 2 atom stereocenters. The van der Waals surface area contributed by atoms with Crippen LogP contribution in [0.1, 0.15) is 6.92 Å². The Kier molecular flexibility index (Phi) is 7.87. The minimum Gasteiger partial charge on any atom is -0.477 e. The number of aliphatic imine (C=N–C) groups is 1. The zero-order valence-electron chi connectivity index (χ0n) is 18.4. The van der Waals surface area contributed by atoms with Crippen molar-refractivity contribution >= 4 is 64.3 Å².